The first kappa shape index (κ1) is 17.9. The number of nitrogens with one attached hydrogen (secondary N) is 2. The molecule has 24 heavy (non-hydrogen) atoms. The Morgan fingerprint density at radius 1 is 1.38 bits per heavy atom. The van der Waals surface area contributed by atoms with E-state index in [1.54, 1.807) is 0 Å². The van der Waals surface area contributed by atoms with Gasteiger partial charge in [-0.05, 0) is 13.0 Å². The molecule has 0 radical (unpaired) electrons. The topological polar surface area (TPSA) is 108 Å². The summed E-state index contributed by atoms with van der Waals surface area (Å²) in [6, 6.07) is 2.23. The van der Waals surface area contributed by atoms with Crippen molar-refractivity contribution in [3.05, 3.63) is 29.8 Å². The Morgan fingerprint density at radius 3 is 2.54 bits per heavy atom. The fourth-order valence-corrected chi connectivity index (χ4v) is 2.55. The molecular formula is C14H15F3N2O5. The molecule has 3 atom stereocenters. The second-order valence-electron chi connectivity index (χ2n) is 5.13. The second-order valence-corrected chi connectivity index (χ2v) is 5.13. The molecule has 1 aliphatic rings. The summed E-state index contributed by atoms with van der Waals surface area (Å²) in [7, 11) is 0. The second kappa shape index (κ2) is 6.19. The molecule has 1 aromatic carbocycles. The number of aliphatic hydroxyl groups is 1. The van der Waals surface area contributed by atoms with Gasteiger partial charge in [0, 0.05) is 5.56 Å². The van der Waals surface area contributed by atoms with Crippen molar-refractivity contribution in [2.45, 2.75) is 24.9 Å². The summed E-state index contributed by atoms with van der Waals surface area (Å²) in [4.78, 5) is 23.7. The number of carbonyl (C=O) groups is 2. The molecule has 0 bridgehead atoms. The number of urea groups is 1. The molecule has 7 nitrogen and oxygen atoms in total. The van der Waals surface area contributed by atoms with Gasteiger partial charge >= 0.3 is 18.2 Å². The predicted molar refractivity (Wildman–Crippen MR) is 73.6 cm³/mol. The third-order valence-electron chi connectivity index (χ3n) is 3.62. The number of alkyl halides is 3. The maximum atomic E-state index is 13.4. The number of hydrogen-bond acceptors (Lipinski definition) is 5. The number of halogens is 3. The van der Waals surface area contributed by atoms with Gasteiger partial charge in [-0.1, -0.05) is 18.2 Å². The van der Waals surface area contributed by atoms with Gasteiger partial charge in [-0.25, -0.2) is 4.79 Å². The quantitative estimate of drug-likeness (QED) is 0.614. The van der Waals surface area contributed by atoms with E-state index in [2.05, 4.69) is 10.1 Å². The van der Waals surface area contributed by atoms with Crippen LogP contribution in [0.5, 0.6) is 5.75 Å². The Bertz CT molecular complexity index is 652. The fourth-order valence-electron chi connectivity index (χ4n) is 2.55. The summed E-state index contributed by atoms with van der Waals surface area (Å²) in [5.74, 6) is -4.08. The van der Waals surface area contributed by atoms with Crippen molar-refractivity contribution in [3.8, 4) is 5.75 Å². The van der Waals surface area contributed by atoms with E-state index in [9.17, 15) is 33.0 Å². The normalized spacial score (nSPS) is 27.1. The van der Waals surface area contributed by atoms with E-state index in [1.807, 2.05) is 0 Å². The number of amides is 2. The molecule has 1 aliphatic heterocycles. The van der Waals surface area contributed by atoms with E-state index in [0.717, 1.165) is 0 Å². The van der Waals surface area contributed by atoms with Gasteiger partial charge in [0.1, 0.15) is 11.7 Å². The van der Waals surface area contributed by atoms with Crippen LogP contribution in [0, 0.1) is 5.92 Å². The van der Waals surface area contributed by atoms with Gasteiger partial charge in [-0.15, -0.1) is 0 Å². The molecule has 2 amide bonds. The van der Waals surface area contributed by atoms with Crippen molar-refractivity contribution in [2.24, 2.45) is 5.92 Å². The molecule has 132 valence electrons. The van der Waals surface area contributed by atoms with Crippen LogP contribution in [-0.2, 0) is 9.53 Å². The molecule has 0 saturated carbocycles. The van der Waals surface area contributed by atoms with Crippen molar-refractivity contribution >= 4 is 12.0 Å². The number of hydrogen-bond donors (Lipinski definition) is 4. The summed E-state index contributed by atoms with van der Waals surface area (Å²) in [5.41, 5.74) is -4.01. The lowest BCUT2D eigenvalue weighted by atomic mass is 9.81. The maximum absolute atomic E-state index is 13.4. The molecule has 0 aliphatic carbocycles. The predicted octanol–water partition coefficient (Wildman–Crippen LogP) is 1.18. The monoisotopic (exact) mass is 348 g/mol. The van der Waals surface area contributed by atoms with Crippen LogP contribution in [0.4, 0.5) is 18.0 Å². The molecule has 0 aromatic heterocycles. The van der Waals surface area contributed by atoms with E-state index in [0.29, 0.717) is 0 Å². The molecule has 1 fully saturated rings. The molecule has 1 heterocycles. The van der Waals surface area contributed by atoms with E-state index in [4.69, 9.17) is 0 Å². The third kappa shape index (κ3) is 2.96. The van der Waals surface area contributed by atoms with Gasteiger partial charge in [0.15, 0.2) is 0 Å². The van der Waals surface area contributed by atoms with Crippen molar-refractivity contribution in [2.75, 3.05) is 6.61 Å². The fraction of sp³-hybridized carbons (Fsp3) is 0.429. The van der Waals surface area contributed by atoms with Crippen LogP contribution < -0.4 is 10.6 Å². The number of phenols is 1. The van der Waals surface area contributed by atoms with Gasteiger partial charge in [-0.2, -0.15) is 13.2 Å². The minimum absolute atomic E-state index is 0.159. The van der Waals surface area contributed by atoms with Gasteiger partial charge in [0.05, 0.1) is 12.6 Å². The summed E-state index contributed by atoms with van der Waals surface area (Å²) in [5, 5.41) is 23.4. The number of carbonyl (C=O) groups excluding carboxylic acids is 2. The number of para-hydroxylation sites is 1. The van der Waals surface area contributed by atoms with Crippen molar-refractivity contribution < 1.29 is 37.7 Å². The Balaban J connectivity index is 2.60. The summed E-state index contributed by atoms with van der Waals surface area (Å²) >= 11 is 0. The lowest BCUT2D eigenvalue weighted by molar-refractivity contribution is -0.294. The Labute approximate surface area is 134 Å². The summed E-state index contributed by atoms with van der Waals surface area (Å²) < 4.78 is 44.8. The van der Waals surface area contributed by atoms with Gasteiger partial charge < -0.3 is 25.6 Å². The molecule has 4 N–H and O–H groups in total. The average molecular weight is 348 g/mol. The lowest BCUT2D eigenvalue weighted by Gasteiger charge is -2.44. The minimum atomic E-state index is -5.36. The highest BCUT2D eigenvalue weighted by Crippen LogP contribution is 2.44. The molecule has 0 spiro atoms. The SMILES string of the molecule is CCOC(=O)[C@@H]1[C@@H](c2ccccc2O)NC(=O)N[C@]1(O)C(F)(F)F. The first-order chi connectivity index (χ1) is 11.1. The lowest BCUT2D eigenvalue weighted by Crippen LogP contribution is -2.73. The highest BCUT2D eigenvalue weighted by Gasteiger charge is 2.67. The molecule has 2 rings (SSSR count). The van der Waals surface area contributed by atoms with E-state index in [1.165, 1.54) is 36.5 Å². The average Bonchev–Trinajstić information content (AvgIpc) is 2.45. The van der Waals surface area contributed by atoms with Gasteiger partial charge in [0.25, 0.3) is 5.72 Å². The summed E-state index contributed by atoms with van der Waals surface area (Å²) in [6.07, 6.45) is -5.36. The van der Waals surface area contributed by atoms with Crippen molar-refractivity contribution in [3.63, 3.8) is 0 Å². The number of rotatable bonds is 3. The Morgan fingerprint density at radius 2 is 2.00 bits per heavy atom. The van der Waals surface area contributed by atoms with E-state index >= 15 is 0 Å². The zero-order chi connectivity index (χ0) is 18.1. The van der Waals surface area contributed by atoms with Crippen LogP contribution in [0.1, 0.15) is 18.5 Å². The number of benzene rings is 1. The highest BCUT2D eigenvalue weighted by atomic mass is 19.4. The number of ether oxygens (including phenoxy) is 1. The number of esters is 1. The van der Waals surface area contributed by atoms with Crippen LogP contribution in [0.2, 0.25) is 0 Å². The molecule has 1 aromatic rings. The van der Waals surface area contributed by atoms with Crippen LogP contribution in [0.15, 0.2) is 24.3 Å². The Kier molecular flexibility index (Phi) is 4.61. The zero-order valence-electron chi connectivity index (χ0n) is 12.4. The largest absolute Gasteiger partial charge is 0.508 e. The van der Waals surface area contributed by atoms with Crippen LogP contribution in [0.25, 0.3) is 0 Å². The standard InChI is InChI=1S/C14H15F3N2O5/c1-2-24-11(21)9-10(7-5-3-4-6-8(7)20)18-12(22)19-13(9,23)14(15,16)17/h3-6,9-10,20,23H,2H2,1H3,(H2,18,19,22)/t9-,10+,13+/m0/s1. The number of phenolic OH excluding ortho intramolecular Hbond substituents is 1. The Hall–Kier alpha value is -2.49. The first-order valence-corrected chi connectivity index (χ1v) is 6.94. The smallest absolute Gasteiger partial charge is 0.437 e. The van der Waals surface area contributed by atoms with E-state index < -0.39 is 41.6 Å². The number of aromatic hydroxyl groups is 1. The van der Waals surface area contributed by atoms with Gasteiger partial charge in [0.2, 0.25) is 0 Å². The highest BCUT2D eigenvalue weighted by molar-refractivity contribution is 5.83. The third-order valence-corrected chi connectivity index (χ3v) is 3.62. The van der Waals surface area contributed by atoms with Crippen molar-refractivity contribution in [1.29, 1.82) is 0 Å². The molecular weight excluding hydrogens is 333 g/mol. The van der Waals surface area contributed by atoms with Crippen LogP contribution in [-0.4, -0.2) is 40.7 Å². The minimum Gasteiger partial charge on any atom is -0.508 e. The molecule has 10 heteroatoms. The molecule has 0 unspecified atom stereocenters. The summed E-state index contributed by atoms with van der Waals surface area (Å²) in [6.45, 7) is 1.15. The molecule has 1 saturated heterocycles. The van der Waals surface area contributed by atoms with Crippen LogP contribution in [0.3, 0.4) is 0 Å². The zero-order valence-corrected chi connectivity index (χ0v) is 12.4. The van der Waals surface area contributed by atoms with Crippen molar-refractivity contribution in [1.82, 2.24) is 10.6 Å². The van der Waals surface area contributed by atoms with Crippen LogP contribution >= 0.6 is 0 Å². The van der Waals surface area contributed by atoms with E-state index in [-0.39, 0.29) is 12.2 Å². The van der Waals surface area contributed by atoms with Gasteiger partial charge in [-0.3, -0.25) is 4.79 Å². The maximum Gasteiger partial charge on any atom is 0.437 e. The first-order valence-electron chi connectivity index (χ1n) is 6.94.